The van der Waals surface area contributed by atoms with E-state index in [-0.39, 0.29) is 6.54 Å². The number of carbonyl (C=O) groups excluding carboxylic acids is 1. The minimum atomic E-state index is -0.516. The Balaban J connectivity index is 1.94. The molecule has 0 aliphatic carbocycles. The molecule has 21 heavy (non-hydrogen) atoms. The van der Waals surface area contributed by atoms with Gasteiger partial charge in [0.2, 0.25) is 0 Å². The van der Waals surface area contributed by atoms with Crippen LogP contribution >= 0.6 is 22.6 Å². The molecule has 0 spiro atoms. The molecule has 0 bridgehead atoms. The third-order valence-corrected chi connectivity index (χ3v) is 3.15. The summed E-state index contributed by atoms with van der Waals surface area (Å²) in [6.45, 7) is 5.69. The highest BCUT2D eigenvalue weighted by Crippen LogP contribution is 2.16. The number of aromatic nitrogens is 3. The molecule has 0 radical (unpaired) electrons. The van der Waals surface area contributed by atoms with Gasteiger partial charge in [0.1, 0.15) is 11.4 Å². The first-order chi connectivity index (χ1) is 9.83. The van der Waals surface area contributed by atoms with Crippen LogP contribution in [0.5, 0.6) is 0 Å². The summed E-state index contributed by atoms with van der Waals surface area (Å²) >= 11 is 2.24. The molecule has 6 nitrogen and oxygen atoms in total. The minimum absolute atomic E-state index is 0.242. The second-order valence-corrected chi connectivity index (χ2v) is 6.71. The molecule has 0 unspecified atom stereocenters. The van der Waals surface area contributed by atoms with Gasteiger partial charge in [-0.25, -0.2) is 9.78 Å². The summed E-state index contributed by atoms with van der Waals surface area (Å²) in [5, 5.41) is 9.58. The van der Waals surface area contributed by atoms with E-state index in [4.69, 9.17) is 4.74 Å². The first-order valence-corrected chi connectivity index (χ1v) is 7.55. The zero-order valence-electron chi connectivity index (χ0n) is 12.1. The van der Waals surface area contributed by atoms with E-state index in [0.717, 1.165) is 9.13 Å². The summed E-state index contributed by atoms with van der Waals surface area (Å²) in [4.78, 5) is 15.9. The number of alkyl carbamates (subject to hydrolysis) is 1. The van der Waals surface area contributed by atoms with Crippen molar-refractivity contribution in [2.24, 2.45) is 0 Å². The normalized spacial score (nSPS) is 11.2. The maximum Gasteiger partial charge on any atom is 0.408 e. The van der Waals surface area contributed by atoms with E-state index >= 15 is 0 Å². The highest BCUT2D eigenvalue weighted by Gasteiger charge is 2.16. The summed E-state index contributed by atoms with van der Waals surface area (Å²) < 4.78 is 6.30. The molecule has 0 saturated carbocycles. The quantitative estimate of drug-likeness (QED) is 0.777. The van der Waals surface area contributed by atoms with Crippen LogP contribution in [0.3, 0.4) is 0 Å². The van der Waals surface area contributed by atoms with Crippen molar-refractivity contribution in [2.75, 3.05) is 0 Å². The molecule has 2 rings (SSSR count). The molecule has 7 heteroatoms. The fraction of sp³-hybridized carbons (Fsp3) is 0.357. The Morgan fingerprint density at radius 1 is 1.33 bits per heavy atom. The maximum atomic E-state index is 11.6. The molecule has 2 N–H and O–H groups in total. The lowest BCUT2D eigenvalue weighted by Gasteiger charge is -2.19. The standard InChI is InChI=1S/C14H17IN4O2/c1-14(2,3)21-13(20)16-8-11-17-12(19-18-11)9-4-6-10(15)7-5-9/h4-7H,8H2,1-3H3,(H,16,20)(H,17,18,19). The Kier molecular flexibility index (Phi) is 4.81. The molecule has 1 amide bonds. The van der Waals surface area contributed by atoms with Gasteiger partial charge in [-0.1, -0.05) is 12.1 Å². The van der Waals surface area contributed by atoms with Gasteiger partial charge in [-0.05, 0) is 55.5 Å². The monoisotopic (exact) mass is 400 g/mol. The van der Waals surface area contributed by atoms with Crippen LogP contribution in [0, 0.1) is 3.57 Å². The summed E-state index contributed by atoms with van der Waals surface area (Å²) in [7, 11) is 0. The predicted octanol–water partition coefficient (Wildman–Crippen LogP) is 3.10. The average molecular weight is 400 g/mol. The number of benzene rings is 1. The fourth-order valence-corrected chi connectivity index (χ4v) is 1.93. The maximum absolute atomic E-state index is 11.6. The topological polar surface area (TPSA) is 79.9 Å². The number of nitrogens with zero attached hydrogens (tertiary/aromatic N) is 2. The largest absolute Gasteiger partial charge is 0.444 e. The van der Waals surface area contributed by atoms with Crippen LogP contribution < -0.4 is 5.32 Å². The summed E-state index contributed by atoms with van der Waals surface area (Å²) in [5.74, 6) is 1.18. The van der Waals surface area contributed by atoms with E-state index < -0.39 is 11.7 Å². The van der Waals surface area contributed by atoms with Crippen LogP contribution in [0.15, 0.2) is 24.3 Å². The fourth-order valence-electron chi connectivity index (χ4n) is 1.57. The number of carbonyl (C=O) groups is 1. The number of rotatable bonds is 3. The third kappa shape index (κ3) is 5.00. The molecule has 0 atom stereocenters. The summed E-state index contributed by atoms with van der Waals surface area (Å²) in [6.07, 6.45) is -0.477. The first kappa shape index (κ1) is 15.7. The Morgan fingerprint density at radius 3 is 2.62 bits per heavy atom. The molecule has 0 aliphatic heterocycles. The lowest BCUT2D eigenvalue weighted by molar-refractivity contribution is 0.0522. The Bertz CT molecular complexity index is 617. The van der Waals surface area contributed by atoms with Crippen LogP contribution in [0.1, 0.15) is 26.6 Å². The van der Waals surface area contributed by atoms with Gasteiger partial charge in [0.25, 0.3) is 0 Å². The van der Waals surface area contributed by atoms with Crippen molar-refractivity contribution in [1.29, 1.82) is 0 Å². The lowest BCUT2D eigenvalue weighted by atomic mass is 10.2. The lowest BCUT2D eigenvalue weighted by Crippen LogP contribution is -2.32. The summed E-state index contributed by atoms with van der Waals surface area (Å²) in [5.41, 5.74) is 0.410. The van der Waals surface area contributed by atoms with Gasteiger partial charge >= 0.3 is 6.09 Å². The van der Waals surface area contributed by atoms with Crippen molar-refractivity contribution in [3.05, 3.63) is 33.7 Å². The van der Waals surface area contributed by atoms with Gasteiger partial charge in [-0.2, -0.15) is 5.10 Å². The highest BCUT2D eigenvalue weighted by molar-refractivity contribution is 14.1. The molecule has 112 valence electrons. The SMILES string of the molecule is CC(C)(C)OC(=O)NCc1nc(-c2ccc(I)cc2)n[nH]1. The third-order valence-electron chi connectivity index (χ3n) is 2.43. The number of hydrogen-bond acceptors (Lipinski definition) is 4. The molecular weight excluding hydrogens is 383 g/mol. The van der Waals surface area contributed by atoms with Gasteiger partial charge in [0.15, 0.2) is 5.82 Å². The van der Waals surface area contributed by atoms with E-state index in [1.165, 1.54) is 0 Å². The van der Waals surface area contributed by atoms with Gasteiger partial charge in [-0.15, -0.1) is 0 Å². The van der Waals surface area contributed by atoms with Crippen LogP contribution in [-0.2, 0) is 11.3 Å². The number of H-pyrrole nitrogens is 1. The first-order valence-electron chi connectivity index (χ1n) is 6.47. The molecule has 0 fully saturated rings. The van der Waals surface area contributed by atoms with E-state index in [1.807, 2.05) is 45.0 Å². The van der Waals surface area contributed by atoms with Crippen molar-refractivity contribution in [3.63, 3.8) is 0 Å². The van der Waals surface area contributed by atoms with E-state index in [2.05, 4.69) is 43.1 Å². The zero-order chi connectivity index (χ0) is 15.5. The number of nitrogens with one attached hydrogen (secondary N) is 2. The second kappa shape index (κ2) is 6.42. The van der Waals surface area contributed by atoms with Crippen molar-refractivity contribution >= 4 is 28.7 Å². The average Bonchev–Trinajstić information content (AvgIpc) is 2.84. The van der Waals surface area contributed by atoms with Gasteiger partial charge in [0.05, 0.1) is 6.54 Å². The van der Waals surface area contributed by atoms with Crippen LogP contribution in [-0.4, -0.2) is 26.9 Å². The molecule has 1 aromatic carbocycles. The van der Waals surface area contributed by atoms with Crippen molar-refractivity contribution in [1.82, 2.24) is 20.5 Å². The number of ether oxygens (including phenoxy) is 1. The minimum Gasteiger partial charge on any atom is -0.444 e. The molecule has 1 heterocycles. The molecule has 1 aromatic heterocycles. The predicted molar refractivity (Wildman–Crippen MR) is 87.6 cm³/mol. The molecule has 0 aliphatic rings. The molecular formula is C14H17IN4O2. The Hall–Kier alpha value is -1.64. The zero-order valence-corrected chi connectivity index (χ0v) is 14.3. The van der Waals surface area contributed by atoms with Crippen molar-refractivity contribution < 1.29 is 9.53 Å². The van der Waals surface area contributed by atoms with Gasteiger partial charge < -0.3 is 10.1 Å². The Labute approximate surface area is 136 Å². The van der Waals surface area contributed by atoms with Crippen LogP contribution in [0.4, 0.5) is 4.79 Å². The van der Waals surface area contributed by atoms with Crippen LogP contribution in [0.2, 0.25) is 0 Å². The number of halogens is 1. The van der Waals surface area contributed by atoms with E-state index in [0.29, 0.717) is 11.6 Å². The number of aromatic amines is 1. The van der Waals surface area contributed by atoms with Crippen molar-refractivity contribution in [3.8, 4) is 11.4 Å². The second-order valence-electron chi connectivity index (χ2n) is 5.47. The molecule has 0 saturated heterocycles. The van der Waals surface area contributed by atoms with Crippen molar-refractivity contribution in [2.45, 2.75) is 32.9 Å². The number of amides is 1. The van der Waals surface area contributed by atoms with Gasteiger partial charge in [0, 0.05) is 9.13 Å². The van der Waals surface area contributed by atoms with E-state index in [1.54, 1.807) is 0 Å². The molecule has 2 aromatic rings. The number of hydrogen-bond donors (Lipinski definition) is 2. The summed E-state index contributed by atoms with van der Waals surface area (Å²) in [6, 6.07) is 7.89. The van der Waals surface area contributed by atoms with E-state index in [9.17, 15) is 4.79 Å². The Morgan fingerprint density at radius 2 is 2.00 bits per heavy atom. The van der Waals surface area contributed by atoms with Crippen LogP contribution in [0.25, 0.3) is 11.4 Å². The van der Waals surface area contributed by atoms with Gasteiger partial charge in [-0.3, -0.25) is 5.10 Å². The highest BCUT2D eigenvalue weighted by atomic mass is 127. The smallest absolute Gasteiger partial charge is 0.408 e.